The number of benzene rings is 1. The van der Waals surface area contributed by atoms with Crippen LogP contribution in [-0.4, -0.2) is 60.0 Å². The molecule has 1 saturated heterocycles. The Labute approximate surface area is 164 Å². The molecule has 6 heteroatoms. The van der Waals surface area contributed by atoms with Gasteiger partial charge >= 0.3 is 0 Å². The number of nitrogens with one attached hydrogen (secondary N) is 2. The van der Waals surface area contributed by atoms with E-state index in [4.69, 9.17) is 0 Å². The predicted molar refractivity (Wildman–Crippen MR) is 111 cm³/mol. The molecule has 1 aliphatic heterocycles. The van der Waals surface area contributed by atoms with Gasteiger partial charge in [-0.1, -0.05) is 18.2 Å². The lowest BCUT2D eigenvalue weighted by molar-refractivity contribution is -0.122. The van der Waals surface area contributed by atoms with Crippen LogP contribution in [0.4, 0.5) is 0 Å². The number of aromatic nitrogens is 1. The molecular weight excluding hydrogens is 356 g/mol. The van der Waals surface area contributed by atoms with Gasteiger partial charge in [-0.25, -0.2) is 0 Å². The predicted octanol–water partition coefficient (Wildman–Crippen LogP) is 2.71. The van der Waals surface area contributed by atoms with Crippen LogP contribution in [0.1, 0.15) is 11.1 Å². The summed E-state index contributed by atoms with van der Waals surface area (Å²) in [5.41, 5.74) is 3.80. The van der Waals surface area contributed by atoms with Gasteiger partial charge in [0.05, 0.1) is 6.54 Å². The maximum Gasteiger partial charge on any atom is 0.234 e. The molecule has 0 aliphatic carbocycles. The van der Waals surface area contributed by atoms with Crippen molar-refractivity contribution in [1.29, 1.82) is 0 Å². The van der Waals surface area contributed by atoms with E-state index in [1.54, 1.807) is 11.3 Å². The molecule has 1 aliphatic rings. The van der Waals surface area contributed by atoms with Gasteiger partial charge in [0, 0.05) is 56.4 Å². The van der Waals surface area contributed by atoms with Crippen molar-refractivity contribution in [3.8, 4) is 0 Å². The van der Waals surface area contributed by atoms with Crippen molar-refractivity contribution < 1.29 is 4.79 Å². The molecule has 142 valence electrons. The van der Waals surface area contributed by atoms with Crippen LogP contribution in [0.5, 0.6) is 0 Å². The first-order chi connectivity index (χ1) is 13.3. The summed E-state index contributed by atoms with van der Waals surface area (Å²) in [6.45, 7) is 6.17. The smallest absolute Gasteiger partial charge is 0.234 e. The van der Waals surface area contributed by atoms with Gasteiger partial charge in [-0.2, -0.15) is 11.3 Å². The Kier molecular flexibility index (Phi) is 5.87. The average Bonchev–Trinajstić information content (AvgIpc) is 3.34. The van der Waals surface area contributed by atoms with E-state index >= 15 is 0 Å². The Morgan fingerprint density at radius 2 is 1.93 bits per heavy atom. The van der Waals surface area contributed by atoms with Crippen LogP contribution in [-0.2, 0) is 17.8 Å². The fourth-order valence-corrected chi connectivity index (χ4v) is 4.34. The maximum absolute atomic E-state index is 12.3. The number of thiophene rings is 1. The van der Waals surface area contributed by atoms with Gasteiger partial charge in [-0.15, -0.1) is 0 Å². The van der Waals surface area contributed by atoms with Crippen LogP contribution in [0.15, 0.2) is 47.3 Å². The molecular formula is C21H26N4OS. The van der Waals surface area contributed by atoms with Crippen molar-refractivity contribution in [3.63, 3.8) is 0 Å². The van der Waals surface area contributed by atoms with Gasteiger partial charge in [0.2, 0.25) is 5.91 Å². The summed E-state index contributed by atoms with van der Waals surface area (Å²) >= 11 is 1.75. The Bertz CT molecular complexity index is 865. The minimum Gasteiger partial charge on any atom is -0.361 e. The molecule has 3 aromatic rings. The molecule has 3 heterocycles. The molecule has 0 bridgehead atoms. The minimum atomic E-state index is 0.126. The molecule has 0 atom stereocenters. The third kappa shape index (κ3) is 4.77. The van der Waals surface area contributed by atoms with Gasteiger partial charge in [0.25, 0.3) is 0 Å². The van der Waals surface area contributed by atoms with Crippen molar-refractivity contribution in [1.82, 2.24) is 20.1 Å². The van der Waals surface area contributed by atoms with Gasteiger partial charge in [-0.05, 0) is 40.4 Å². The van der Waals surface area contributed by atoms with E-state index in [1.165, 1.54) is 16.5 Å². The molecule has 0 unspecified atom stereocenters. The monoisotopic (exact) mass is 382 g/mol. The first-order valence-corrected chi connectivity index (χ1v) is 10.5. The molecule has 2 aromatic heterocycles. The Balaban J connectivity index is 1.17. The highest BCUT2D eigenvalue weighted by atomic mass is 32.1. The van der Waals surface area contributed by atoms with Gasteiger partial charge in [-0.3, -0.25) is 14.6 Å². The fraction of sp³-hybridized carbons (Fsp3) is 0.381. The largest absolute Gasteiger partial charge is 0.361 e. The number of aromatic amines is 1. The molecule has 2 N–H and O–H groups in total. The lowest BCUT2D eigenvalue weighted by Crippen LogP contribution is -2.49. The summed E-state index contributed by atoms with van der Waals surface area (Å²) in [7, 11) is 0. The Morgan fingerprint density at radius 1 is 1.11 bits per heavy atom. The second-order valence-corrected chi connectivity index (χ2v) is 7.92. The van der Waals surface area contributed by atoms with Crippen LogP contribution in [0, 0.1) is 0 Å². The summed E-state index contributed by atoms with van der Waals surface area (Å²) < 4.78 is 0. The van der Waals surface area contributed by atoms with Crippen molar-refractivity contribution in [2.45, 2.75) is 13.0 Å². The fourth-order valence-electron chi connectivity index (χ4n) is 3.68. The number of hydrogen-bond acceptors (Lipinski definition) is 4. The third-order valence-corrected chi connectivity index (χ3v) is 5.94. The van der Waals surface area contributed by atoms with E-state index < -0.39 is 0 Å². The standard InChI is InChI=1S/C21H26N4OS/c26-21(22-7-5-18-13-23-20-4-2-1-3-19(18)20)15-25-10-8-24(9-11-25)14-17-6-12-27-16-17/h1-4,6,12-13,16,23H,5,7-11,14-15H2,(H,22,26). The molecule has 1 fully saturated rings. The van der Waals surface area contributed by atoms with E-state index in [2.05, 4.69) is 55.1 Å². The van der Waals surface area contributed by atoms with E-state index in [0.717, 1.165) is 44.7 Å². The lowest BCUT2D eigenvalue weighted by atomic mass is 10.1. The van der Waals surface area contributed by atoms with Crippen LogP contribution >= 0.6 is 11.3 Å². The Hall–Kier alpha value is -2.15. The zero-order chi connectivity index (χ0) is 18.5. The molecule has 1 aromatic carbocycles. The van der Waals surface area contributed by atoms with Crippen LogP contribution < -0.4 is 5.32 Å². The third-order valence-electron chi connectivity index (χ3n) is 5.21. The SMILES string of the molecule is O=C(CN1CCN(Cc2ccsc2)CC1)NCCc1c[nH]c2ccccc12. The molecule has 1 amide bonds. The number of H-pyrrole nitrogens is 1. The maximum atomic E-state index is 12.3. The molecule has 0 saturated carbocycles. The first-order valence-electron chi connectivity index (χ1n) is 9.55. The second-order valence-electron chi connectivity index (χ2n) is 7.14. The lowest BCUT2D eigenvalue weighted by Gasteiger charge is -2.34. The minimum absolute atomic E-state index is 0.126. The molecule has 27 heavy (non-hydrogen) atoms. The van der Waals surface area contributed by atoms with Crippen LogP contribution in [0.2, 0.25) is 0 Å². The second kappa shape index (κ2) is 8.69. The normalized spacial score (nSPS) is 16.0. The zero-order valence-electron chi connectivity index (χ0n) is 15.5. The molecule has 0 radical (unpaired) electrons. The van der Waals surface area contributed by atoms with E-state index in [9.17, 15) is 4.79 Å². The quantitative estimate of drug-likeness (QED) is 0.661. The Morgan fingerprint density at radius 3 is 2.74 bits per heavy atom. The summed E-state index contributed by atoms with van der Waals surface area (Å²) in [4.78, 5) is 20.3. The summed E-state index contributed by atoms with van der Waals surface area (Å²) in [6, 6.07) is 10.5. The van der Waals surface area contributed by atoms with E-state index in [1.807, 2.05) is 12.3 Å². The number of hydrogen-bond donors (Lipinski definition) is 2. The highest BCUT2D eigenvalue weighted by Crippen LogP contribution is 2.17. The number of rotatable bonds is 7. The molecule has 5 nitrogen and oxygen atoms in total. The van der Waals surface area contributed by atoms with Crippen molar-refractivity contribution in [3.05, 3.63) is 58.4 Å². The number of piperazine rings is 1. The summed E-state index contributed by atoms with van der Waals surface area (Å²) in [6.07, 6.45) is 2.90. The van der Waals surface area contributed by atoms with Crippen molar-refractivity contribution >= 4 is 28.1 Å². The molecule has 0 spiro atoms. The number of para-hydroxylation sites is 1. The average molecular weight is 383 g/mol. The van der Waals surface area contributed by atoms with Crippen LogP contribution in [0.3, 0.4) is 0 Å². The number of fused-ring (bicyclic) bond motifs is 1. The highest BCUT2D eigenvalue weighted by Gasteiger charge is 2.19. The molecule has 4 rings (SSSR count). The topological polar surface area (TPSA) is 51.4 Å². The van der Waals surface area contributed by atoms with Gasteiger partial charge in [0.1, 0.15) is 0 Å². The summed E-state index contributed by atoms with van der Waals surface area (Å²) in [5, 5.41) is 8.66. The van der Waals surface area contributed by atoms with Gasteiger partial charge < -0.3 is 10.3 Å². The number of amides is 1. The van der Waals surface area contributed by atoms with Gasteiger partial charge in [0.15, 0.2) is 0 Å². The first kappa shape index (κ1) is 18.2. The summed E-state index contributed by atoms with van der Waals surface area (Å²) in [5.74, 6) is 0.126. The number of nitrogens with zero attached hydrogens (tertiary/aromatic N) is 2. The van der Waals surface area contributed by atoms with Crippen molar-refractivity contribution in [2.75, 3.05) is 39.3 Å². The zero-order valence-corrected chi connectivity index (χ0v) is 16.3. The van der Waals surface area contributed by atoms with Crippen LogP contribution in [0.25, 0.3) is 10.9 Å². The number of carbonyl (C=O) groups is 1. The highest BCUT2D eigenvalue weighted by molar-refractivity contribution is 7.07. The van der Waals surface area contributed by atoms with E-state index in [0.29, 0.717) is 13.1 Å². The number of carbonyl (C=O) groups excluding carboxylic acids is 1. The van der Waals surface area contributed by atoms with E-state index in [-0.39, 0.29) is 5.91 Å². The van der Waals surface area contributed by atoms with Crippen molar-refractivity contribution in [2.24, 2.45) is 0 Å².